The number of carbonyl (C=O) groups is 1. The summed E-state index contributed by atoms with van der Waals surface area (Å²) >= 11 is 0. The summed E-state index contributed by atoms with van der Waals surface area (Å²) in [6, 6.07) is 8.15. The van der Waals surface area contributed by atoms with Crippen LogP contribution >= 0.6 is 0 Å². The largest absolute Gasteiger partial charge is 0.444 e. The van der Waals surface area contributed by atoms with Crippen LogP contribution in [-0.2, 0) is 31.4 Å². The van der Waals surface area contributed by atoms with E-state index in [-0.39, 0.29) is 6.09 Å². The Morgan fingerprint density at radius 2 is 1.83 bits per heavy atom. The molecular weight excluding hydrogens is 380 g/mol. The summed E-state index contributed by atoms with van der Waals surface area (Å²) in [5, 5.41) is 10.8. The fraction of sp³-hybridized carbons (Fsp3) is 0.500. The smallest absolute Gasteiger partial charge is 0.410 e. The Balaban J connectivity index is 1.88. The van der Waals surface area contributed by atoms with Crippen LogP contribution in [0.2, 0.25) is 0 Å². The van der Waals surface area contributed by atoms with Gasteiger partial charge < -0.3 is 20.3 Å². The normalized spacial score (nSPS) is 11.9. The van der Waals surface area contributed by atoms with Crippen molar-refractivity contribution in [1.29, 1.82) is 0 Å². The van der Waals surface area contributed by atoms with Crippen LogP contribution in [-0.4, -0.2) is 45.9 Å². The van der Waals surface area contributed by atoms with Crippen LogP contribution < -0.4 is 10.6 Å². The van der Waals surface area contributed by atoms with Gasteiger partial charge in [0, 0.05) is 45.5 Å². The number of amides is 1. The molecular formula is C22H34N6O2. The van der Waals surface area contributed by atoms with Gasteiger partial charge in [-0.15, -0.1) is 0 Å². The molecule has 1 aromatic carbocycles. The highest BCUT2D eigenvalue weighted by molar-refractivity contribution is 5.79. The van der Waals surface area contributed by atoms with Crippen LogP contribution in [0.25, 0.3) is 0 Å². The summed E-state index contributed by atoms with van der Waals surface area (Å²) in [5.41, 5.74) is 2.74. The number of nitrogens with zero attached hydrogens (tertiary/aromatic N) is 4. The van der Waals surface area contributed by atoms with Gasteiger partial charge in [0.1, 0.15) is 5.60 Å². The average molecular weight is 415 g/mol. The Kier molecular flexibility index (Phi) is 8.26. The third-order valence-corrected chi connectivity index (χ3v) is 4.13. The van der Waals surface area contributed by atoms with Gasteiger partial charge in [-0.2, -0.15) is 5.10 Å². The second-order valence-corrected chi connectivity index (χ2v) is 8.22. The summed E-state index contributed by atoms with van der Waals surface area (Å²) in [7, 11) is 3.64. The van der Waals surface area contributed by atoms with Crippen molar-refractivity contribution in [3.05, 3.63) is 53.3 Å². The van der Waals surface area contributed by atoms with Gasteiger partial charge in [-0.25, -0.2) is 9.79 Å². The molecule has 0 spiro atoms. The van der Waals surface area contributed by atoms with Gasteiger partial charge in [0.05, 0.1) is 12.7 Å². The van der Waals surface area contributed by atoms with E-state index in [0.717, 1.165) is 29.2 Å². The number of aryl methyl sites for hydroxylation is 1. The molecule has 30 heavy (non-hydrogen) atoms. The van der Waals surface area contributed by atoms with E-state index in [9.17, 15) is 4.79 Å². The molecule has 0 saturated heterocycles. The lowest BCUT2D eigenvalue weighted by atomic mass is 10.1. The van der Waals surface area contributed by atoms with Crippen molar-refractivity contribution in [3.63, 3.8) is 0 Å². The van der Waals surface area contributed by atoms with E-state index < -0.39 is 5.60 Å². The summed E-state index contributed by atoms with van der Waals surface area (Å²) in [5.74, 6) is 0.759. The maximum Gasteiger partial charge on any atom is 0.410 e. The van der Waals surface area contributed by atoms with E-state index in [1.807, 2.05) is 59.3 Å². The van der Waals surface area contributed by atoms with Gasteiger partial charge in [-0.05, 0) is 38.8 Å². The molecule has 0 unspecified atom stereocenters. The quantitative estimate of drug-likeness (QED) is 0.537. The molecule has 2 aromatic rings. The number of hydrogen-bond acceptors (Lipinski definition) is 4. The minimum absolute atomic E-state index is 0.326. The summed E-state index contributed by atoms with van der Waals surface area (Å²) in [6.07, 6.45) is 3.45. The van der Waals surface area contributed by atoms with E-state index in [1.54, 1.807) is 16.6 Å². The van der Waals surface area contributed by atoms with Gasteiger partial charge in [-0.3, -0.25) is 4.68 Å². The zero-order valence-electron chi connectivity index (χ0n) is 18.9. The fourth-order valence-electron chi connectivity index (χ4n) is 2.69. The molecule has 0 aliphatic heterocycles. The highest BCUT2D eigenvalue weighted by atomic mass is 16.6. The Hall–Kier alpha value is -3.03. The first kappa shape index (κ1) is 23.3. The molecule has 8 nitrogen and oxygen atoms in total. The SMILES string of the molecule is CCNC(=NCc1cnn(C)c1)NCc1ccc(CN(C)C(=O)OC(C)(C)C)cc1. The van der Waals surface area contributed by atoms with E-state index in [0.29, 0.717) is 19.6 Å². The molecule has 0 aliphatic carbocycles. The van der Waals surface area contributed by atoms with Gasteiger partial charge in [0.2, 0.25) is 0 Å². The van der Waals surface area contributed by atoms with Crippen LogP contribution in [0.4, 0.5) is 4.79 Å². The molecule has 1 aromatic heterocycles. The predicted octanol–water partition coefficient (Wildman–Crippen LogP) is 3.04. The van der Waals surface area contributed by atoms with Crippen LogP contribution in [0, 0.1) is 0 Å². The standard InChI is InChI=1S/C22H34N6O2/c1-7-23-20(25-13-19-14-26-28(6)16-19)24-12-17-8-10-18(11-9-17)15-27(5)21(29)30-22(2,3)4/h8-11,14,16H,7,12-13,15H2,1-6H3,(H2,23,24,25). The maximum atomic E-state index is 12.1. The minimum atomic E-state index is -0.496. The van der Waals surface area contributed by atoms with Gasteiger partial charge in [0.25, 0.3) is 0 Å². The van der Waals surface area contributed by atoms with E-state index in [1.165, 1.54) is 0 Å². The topological polar surface area (TPSA) is 83.8 Å². The summed E-state index contributed by atoms with van der Waals surface area (Å²) < 4.78 is 7.16. The molecule has 2 N–H and O–H groups in total. The molecule has 1 amide bonds. The predicted molar refractivity (Wildman–Crippen MR) is 119 cm³/mol. The first-order valence-corrected chi connectivity index (χ1v) is 10.2. The third kappa shape index (κ3) is 8.14. The number of guanidine groups is 1. The Morgan fingerprint density at radius 1 is 1.17 bits per heavy atom. The van der Waals surface area contributed by atoms with E-state index >= 15 is 0 Å². The molecule has 0 aliphatic rings. The fourth-order valence-corrected chi connectivity index (χ4v) is 2.69. The van der Waals surface area contributed by atoms with Crippen molar-refractivity contribution in [2.75, 3.05) is 13.6 Å². The Bertz CT molecular complexity index is 836. The van der Waals surface area contributed by atoms with Crippen LogP contribution in [0.1, 0.15) is 44.4 Å². The second kappa shape index (κ2) is 10.7. The Labute approximate surface area is 179 Å². The van der Waals surface area contributed by atoms with E-state index in [4.69, 9.17) is 4.74 Å². The zero-order chi connectivity index (χ0) is 22.1. The number of rotatable bonds is 7. The van der Waals surface area contributed by atoms with Crippen molar-refractivity contribution in [2.24, 2.45) is 12.0 Å². The molecule has 2 rings (SSSR count). The number of carbonyl (C=O) groups excluding carboxylic acids is 1. The third-order valence-electron chi connectivity index (χ3n) is 4.13. The number of hydrogen-bond donors (Lipinski definition) is 2. The van der Waals surface area contributed by atoms with Crippen molar-refractivity contribution in [3.8, 4) is 0 Å². The highest BCUT2D eigenvalue weighted by Gasteiger charge is 2.19. The molecule has 0 fully saturated rings. The lowest BCUT2D eigenvalue weighted by Crippen LogP contribution is -2.36. The minimum Gasteiger partial charge on any atom is -0.444 e. The van der Waals surface area contributed by atoms with Crippen LogP contribution in [0.3, 0.4) is 0 Å². The first-order chi connectivity index (χ1) is 14.2. The Morgan fingerprint density at radius 3 is 2.40 bits per heavy atom. The van der Waals surface area contributed by atoms with Gasteiger partial charge in [0.15, 0.2) is 5.96 Å². The van der Waals surface area contributed by atoms with Crippen molar-refractivity contribution < 1.29 is 9.53 Å². The van der Waals surface area contributed by atoms with E-state index in [2.05, 4.69) is 32.9 Å². The average Bonchev–Trinajstić information content (AvgIpc) is 3.09. The molecule has 1 heterocycles. The second-order valence-electron chi connectivity index (χ2n) is 8.22. The van der Waals surface area contributed by atoms with Crippen LogP contribution in [0.15, 0.2) is 41.7 Å². The number of aromatic nitrogens is 2. The lowest BCUT2D eigenvalue weighted by molar-refractivity contribution is 0.0285. The zero-order valence-corrected chi connectivity index (χ0v) is 18.9. The summed E-state index contributed by atoms with van der Waals surface area (Å²) in [6.45, 7) is 10.1. The molecule has 164 valence electrons. The molecule has 0 saturated carbocycles. The van der Waals surface area contributed by atoms with Gasteiger partial charge >= 0.3 is 6.09 Å². The summed E-state index contributed by atoms with van der Waals surface area (Å²) in [4.78, 5) is 18.3. The highest BCUT2D eigenvalue weighted by Crippen LogP contribution is 2.12. The number of nitrogens with one attached hydrogen (secondary N) is 2. The molecule has 8 heteroatoms. The number of ether oxygens (including phenoxy) is 1. The van der Waals surface area contributed by atoms with Crippen molar-refractivity contribution in [1.82, 2.24) is 25.3 Å². The molecule has 0 radical (unpaired) electrons. The molecule has 0 bridgehead atoms. The van der Waals surface area contributed by atoms with Gasteiger partial charge in [-0.1, -0.05) is 24.3 Å². The van der Waals surface area contributed by atoms with Crippen LogP contribution in [0.5, 0.6) is 0 Å². The number of aliphatic imine (C=N–C) groups is 1. The van der Waals surface area contributed by atoms with Crippen molar-refractivity contribution >= 4 is 12.1 Å². The monoisotopic (exact) mass is 414 g/mol. The molecule has 0 atom stereocenters. The lowest BCUT2D eigenvalue weighted by Gasteiger charge is -2.24. The number of benzene rings is 1. The first-order valence-electron chi connectivity index (χ1n) is 10.2. The maximum absolute atomic E-state index is 12.1. The van der Waals surface area contributed by atoms with Crippen molar-refractivity contribution in [2.45, 2.75) is 52.9 Å².